The van der Waals surface area contributed by atoms with Gasteiger partial charge in [0.2, 0.25) is 0 Å². The zero-order chi connectivity index (χ0) is 32.9. The molecule has 0 amide bonds. The average Bonchev–Trinajstić information content (AvgIpc) is 3.36. The monoisotopic (exact) mass is 667 g/mol. The van der Waals surface area contributed by atoms with Crippen LogP contribution < -0.4 is 9.64 Å². The van der Waals surface area contributed by atoms with Crippen molar-refractivity contribution < 1.29 is 26.8 Å². The SMILES string of the molecule is Cc1ccc(S(=O)(=O)OCCC2CN(c3cc(-c4c5cc(OC(C)C)ccc5nn4COCC[Si](C)(C)C)ncn3)CCO2)cc1. The van der Waals surface area contributed by atoms with Gasteiger partial charge in [-0.15, -0.1) is 0 Å². The van der Waals surface area contributed by atoms with E-state index in [2.05, 4.69) is 34.5 Å². The van der Waals surface area contributed by atoms with Gasteiger partial charge in [-0.25, -0.2) is 14.6 Å². The van der Waals surface area contributed by atoms with Crippen LogP contribution in [0, 0.1) is 6.92 Å². The van der Waals surface area contributed by atoms with E-state index >= 15 is 0 Å². The summed E-state index contributed by atoms with van der Waals surface area (Å²) in [6.07, 6.45) is 1.80. The molecule has 1 unspecified atom stereocenters. The van der Waals surface area contributed by atoms with E-state index in [-0.39, 0.29) is 23.7 Å². The lowest BCUT2D eigenvalue weighted by molar-refractivity contribution is 0.0271. The van der Waals surface area contributed by atoms with Crippen molar-refractivity contribution in [3.8, 4) is 17.1 Å². The van der Waals surface area contributed by atoms with Crippen LogP contribution in [-0.2, 0) is 30.5 Å². The highest BCUT2D eigenvalue weighted by Crippen LogP contribution is 2.32. The molecule has 0 aliphatic carbocycles. The molecule has 5 rings (SSSR count). The van der Waals surface area contributed by atoms with E-state index in [0.717, 1.165) is 45.5 Å². The first-order valence-corrected chi connectivity index (χ1v) is 20.9. The lowest BCUT2D eigenvalue weighted by Crippen LogP contribution is -2.43. The maximum atomic E-state index is 12.6. The highest BCUT2D eigenvalue weighted by Gasteiger charge is 2.25. The Kier molecular flexibility index (Phi) is 10.8. The molecule has 0 saturated carbocycles. The topological polar surface area (TPSA) is 118 Å². The highest BCUT2D eigenvalue weighted by molar-refractivity contribution is 7.86. The van der Waals surface area contributed by atoms with E-state index in [1.165, 1.54) is 0 Å². The minimum absolute atomic E-state index is 0.0212. The van der Waals surface area contributed by atoms with E-state index in [1.54, 1.807) is 30.6 Å². The third-order valence-corrected chi connectivity index (χ3v) is 10.7. The quantitative estimate of drug-likeness (QED) is 0.0914. The molecular formula is C33H45N5O6SSi. The van der Waals surface area contributed by atoms with Gasteiger partial charge in [0.1, 0.15) is 24.6 Å². The van der Waals surface area contributed by atoms with E-state index in [4.69, 9.17) is 23.5 Å². The van der Waals surface area contributed by atoms with Gasteiger partial charge in [0.05, 0.1) is 47.2 Å². The average molecular weight is 668 g/mol. The van der Waals surface area contributed by atoms with E-state index in [9.17, 15) is 8.42 Å². The molecule has 1 aliphatic heterocycles. The predicted octanol–water partition coefficient (Wildman–Crippen LogP) is 5.90. The summed E-state index contributed by atoms with van der Waals surface area (Å²) < 4.78 is 50.5. The summed E-state index contributed by atoms with van der Waals surface area (Å²) in [5.74, 6) is 1.52. The second-order valence-electron chi connectivity index (χ2n) is 13.1. The maximum absolute atomic E-state index is 12.6. The van der Waals surface area contributed by atoms with E-state index in [1.807, 2.05) is 49.7 Å². The van der Waals surface area contributed by atoms with Crippen LogP contribution >= 0.6 is 0 Å². The van der Waals surface area contributed by atoms with Gasteiger partial charge in [-0.05, 0) is 57.1 Å². The molecule has 0 spiro atoms. The molecule has 0 N–H and O–H groups in total. The number of aromatic nitrogens is 4. The van der Waals surface area contributed by atoms with E-state index in [0.29, 0.717) is 39.5 Å². The molecule has 2 aromatic heterocycles. The molecule has 13 heteroatoms. The predicted molar refractivity (Wildman–Crippen MR) is 182 cm³/mol. The summed E-state index contributed by atoms with van der Waals surface area (Å²) in [5, 5.41) is 5.79. The van der Waals surface area contributed by atoms with Gasteiger partial charge in [-0.1, -0.05) is 37.3 Å². The molecule has 1 aliphatic rings. The third kappa shape index (κ3) is 8.91. The number of hydrogen-bond acceptors (Lipinski definition) is 10. The zero-order valence-electron chi connectivity index (χ0n) is 27.6. The normalized spacial score (nSPS) is 16.0. The number of rotatable bonds is 14. The third-order valence-electron chi connectivity index (χ3n) is 7.64. The molecule has 3 heterocycles. The van der Waals surface area contributed by atoms with Crippen molar-refractivity contribution in [2.24, 2.45) is 0 Å². The minimum Gasteiger partial charge on any atom is -0.491 e. The molecule has 11 nitrogen and oxygen atoms in total. The van der Waals surface area contributed by atoms with Gasteiger partial charge < -0.3 is 19.1 Å². The van der Waals surface area contributed by atoms with Crippen LogP contribution in [0.3, 0.4) is 0 Å². The van der Waals surface area contributed by atoms with Crippen molar-refractivity contribution in [1.29, 1.82) is 0 Å². The van der Waals surface area contributed by atoms with Gasteiger partial charge in [0.15, 0.2) is 0 Å². The largest absolute Gasteiger partial charge is 0.491 e. The smallest absolute Gasteiger partial charge is 0.296 e. The lowest BCUT2D eigenvalue weighted by atomic mass is 10.1. The van der Waals surface area contributed by atoms with E-state index < -0.39 is 18.2 Å². The Morgan fingerprint density at radius 1 is 1.04 bits per heavy atom. The fraction of sp³-hybridized carbons (Fsp3) is 0.485. The highest BCUT2D eigenvalue weighted by atomic mass is 32.2. The molecule has 46 heavy (non-hydrogen) atoms. The zero-order valence-corrected chi connectivity index (χ0v) is 29.4. The Morgan fingerprint density at radius 3 is 2.57 bits per heavy atom. The summed E-state index contributed by atoms with van der Waals surface area (Å²) in [7, 11) is -5.08. The number of benzene rings is 2. The number of ether oxygens (including phenoxy) is 3. The van der Waals surface area contributed by atoms with Crippen LogP contribution in [0.25, 0.3) is 22.3 Å². The fourth-order valence-electron chi connectivity index (χ4n) is 5.16. The summed E-state index contributed by atoms with van der Waals surface area (Å²) in [6, 6.07) is 15.6. The summed E-state index contributed by atoms with van der Waals surface area (Å²) in [4.78, 5) is 11.5. The van der Waals surface area contributed by atoms with Crippen LogP contribution in [0.2, 0.25) is 25.7 Å². The van der Waals surface area contributed by atoms with Crippen LogP contribution in [0.15, 0.2) is 59.8 Å². The number of hydrogen-bond donors (Lipinski definition) is 0. The lowest BCUT2D eigenvalue weighted by Gasteiger charge is -2.33. The van der Waals surface area contributed by atoms with Crippen molar-refractivity contribution in [3.63, 3.8) is 0 Å². The second kappa shape index (κ2) is 14.6. The number of fused-ring (bicyclic) bond motifs is 1. The Morgan fingerprint density at radius 2 is 1.83 bits per heavy atom. The molecule has 248 valence electrons. The van der Waals surface area contributed by atoms with Gasteiger partial charge in [0.25, 0.3) is 10.1 Å². The number of nitrogens with zero attached hydrogens (tertiary/aromatic N) is 5. The molecule has 1 atom stereocenters. The van der Waals surface area contributed by atoms with Crippen molar-refractivity contribution in [3.05, 3.63) is 60.4 Å². The molecule has 2 aromatic carbocycles. The van der Waals surface area contributed by atoms with Crippen molar-refractivity contribution in [2.75, 3.05) is 37.8 Å². The van der Waals surface area contributed by atoms with Gasteiger partial charge in [-0.3, -0.25) is 4.18 Å². The van der Waals surface area contributed by atoms with Gasteiger partial charge in [-0.2, -0.15) is 13.5 Å². The van der Waals surface area contributed by atoms with Crippen molar-refractivity contribution in [1.82, 2.24) is 19.7 Å². The number of aryl methyl sites for hydroxylation is 1. The molecule has 1 fully saturated rings. The first-order valence-electron chi connectivity index (χ1n) is 15.8. The molecular weight excluding hydrogens is 623 g/mol. The standard InChI is InChI=1S/C33H45N5O6SSi/c1-24(2)44-26-9-12-30-29(19-26)33(38(36-30)23-41-17-18-46(4,5)6)31-20-32(35-22-34-31)37-14-16-42-27(21-37)13-15-43-45(39,40)28-10-7-25(3)8-11-28/h7-12,19-20,22,24,27H,13-18,21,23H2,1-6H3. The summed E-state index contributed by atoms with van der Waals surface area (Å²) in [6.45, 7) is 15.6. The Labute approximate surface area is 273 Å². The molecule has 4 aromatic rings. The Hall–Kier alpha value is -3.36. The molecule has 0 bridgehead atoms. The van der Waals surface area contributed by atoms with Crippen LogP contribution in [0.4, 0.5) is 5.82 Å². The van der Waals surface area contributed by atoms with Crippen molar-refractivity contribution >= 4 is 34.9 Å². The maximum Gasteiger partial charge on any atom is 0.296 e. The van der Waals surface area contributed by atoms with Crippen LogP contribution in [0.5, 0.6) is 5.75 Å². The van der Waals surface area contributed by atoms with Crippen LogP contribution in [-0.4, -0.2) is 81.4 Å². The second-order valence-corrected chi connectivity index (χ2v) is 20.4. The Balaban J connectivity index is 1.33. The van der Waals surface area contributed by atoms with Crippen LogP contribution in [0.1, 0.15) is 25.8 Å². The summed E-state index contributed by atoms with van der Waals surface area (Å²) in [5.41, 5.74) is 3.36. The van der Waals surface area contributed by atoms with Gasteiger partial charge >= 0.3 is 0 Å². The van der Waals surface area contributed by atoms with Crippen molar-refractivity contribution in [2.45, 2.75) is 76.7 Å². The first kappa shape index (κ1) is 34.0. The number of anilines is 1. The molecule has 0 radical (unpaired) electrons. The van der Waals surface area contributed by atoms with Gasteiger partial charge in [0, 0.05) is 45.6 Å². The fourth-order valence-corrected chi connectivity index (χ4v) is 6.84. The first-order chi connectivity index (χ1) is 21.9. The minimum atomic E-state index is -3.84. The Bertz CT molecular complexity index is 1720. The number of morpholine rings is 1. The summed E-state index contributed by atoms with van der Waals surface area (Å²) >= 11 is 0. The molecule has 1 saturated heterocycles.